The third-order valence-corrected chi connectivity index (χ3v) is 4.85. The molecule has 1 amide bonds. The number of aromatic nitrogens is 1. The lowest BCUT2D eigenvalue weighted by Crippen LogP contribution is -2.48. The molecule has 1 saturated heterocycles. The van der Waals surface area contributed by atoms with E-state index in [0.717, 1.165) is 22.5 Å². The molecule has 0 atom stereocenters. The number of carbonyl (C=O) groups excluding carboxylic acids is 1. The van der Waals surface area contributed by atoms with Crippen LogP contribution in [0.25, 0.3) is 11.1 Å². The van der Waals surface area contributed by atoms with E-state index in [2.05, 4.69) is 15.2 Å². The zero-order chi connectivity index (χ0) is 19.4. The van der Waals surface area contributed by atoms with Crippen molar-refractivity contribution in [2.45, 2.75) is 6.92 Å². The summed E-state index contributed by atoms with van der Waals surface area (Å²) < 4.78 is 0. The Kier molecular flexibility index (Phi) is 5.71. The van der Waals surface area contributed by atoms with E-state index < -0.39 is 5.97 Å². The number of hydrogen-bond acceptors (Lipinski definition) is 5. The van der Waals surface area contributed by atoms with Gasteiger partial charge in [-0.3, -0.25) is 14.5 Å². The minimum Gasteiger partial charge on any atom is -0.480 e. The van der Waals surface area contributed by atoms with Crippen LogP contribution in [0.1, 0.15) is 15.9 Å². The first kappa shape index (κ1) is 18.8. The summed E-state index contributed by atoms with van der Waals surface area (Å²) in [6, 6.07) is 9.92. The number of aryl methyl sites for hydroxylation is 1. The maximum absolute atomic E-state index is 12.3. The van der Waals surface area contributed by atoms with Gasteiger partial charge in [0.05, 0.1) is 12.1 Å². The Hall–Kier alpha value is -2.93. The number of aliphatic carboxylic acids is 1. The second-order valence-electron chi connectivity index (χ2n) is 6.64. The van der Waals surface area contributed by atoms with Crippen LogP contribution in [0, 0.1) is 6.92 Å². The molecule has 2 N–H and O–H groups in total. The van der Waals surface area contributed by atoms with Crippen LogP contribution in [0.3, 0.4) is 0 Å². The van der Waals surface area contributed by atoms with Gasteiger partial charge in [-0.2, -0.15) is 0 Å². The molecule has 0 unspecified atom stereocenters. The van der Waals surface area contributed by atoms with Crippen molar-refractivity contribution in [1.82, 2.24) is 15.2 Å². The second-order valence-corrected chi connectivity index (χ2v) is 6.64. The largest absolute Gasteiger partial charge is 0.480 e. The number of anilines is 1. The van der Waals surface area contributed by atoms with E-state index in [1.165, 1.54) is 0 Å². The van der Waals surface area contributed by atoms with Gasteiger partial charge in [0.1, 0.15) is 5.82 Å². The number of piperazine rings is 1. The summed E-state index contributed by atoms with van der Waals surface area (Å²) in [5, 5.41) is 11.6. The number of benzene rings is 1. The topological polar surface area (TPSA) is 85.8 Å². The third-order valence-electron chi connectivity index (χ3n) is 4.85. The zero-order valence-electron chi connectivity index (χ0n) is 15.6. The van der Waals surface area contributed by atoms with Crippen molar-refractivity contribution in [2.75, 3.05) is 44.7 Å². The molecule has 1 aromatic heterocycles. The number of pyridine rings is 1. The predicted molar refractivity (Wildman–Crippen MR) is 104 cm³/mol. The summed E-state index contributed by atoms with van der Waals surface area (Å²) in [6.07, 6.45) is 1.62. The number of nitrogens with one attached hydrogen (secondary N) is 1. The summed E-state index contributed by atoms with van der Waals surface area (Å²) in [4.78, 5) is 31.8. The Labute approximate surface area is 158 Å². The molecular formula is C20H24N4O3. The van der Waals surface area contributed by atoms with Crippen molar-refractivity contribution in [3.8, 4) is 11.1 Å². The van der Waals surface area contributed by atoms with E-state index in [4.69, 9.17) is 5.11 Å². The van der Waals surface area contributed by atoms with E-state index in [1.807, 2.05) is 42.2 Å². The molecule has 1 aliphatic heterocycles. The number of carboxylic acid groups (broad SMARTS) is 1. The lowest BCUT2D eigenvalue weighted by molar-refractivity contribution is -0.138. The fraction of sp³-hybridized carbons (Fsp3) is 0.350. The van der Waals surface area contributed by atoms with Gasteiger partial charge >= 0.3 is 5.97 Å². The lowest BCUT2D eigenvalue weighted by atomic mass is 9.97. The molecule has 1 aliphatic rings. The summed E-state index contributed by atoms with van der Waals surface area (Å²) in [7, 11) is 1.61. The van der Waals surface area contributed by atoms with E-state index in [0.29, 0.717) is 31.7 Å². The highest BCUT2D eigenvalue weighted by Gasteiger charge is 2.22. The van der Waals surface area contributed by atoms with Gasteiger partial charge in [-0.25, -0.2) is 4.98 Å². The number of amides is 1. The van der Waals surface area contributed by atoms with E-state index in [-0.39, 0.29) is 12.5 Å². The summed E-state index contributed by atoms with van der Waals surface area (Å²) >= 11 is 0. The highest BCUT2D eigenvalue weighted by molar-refractivity contribution is 6.01. The van der Waals surface area contributed by atoms with Crippen molar-refractivity contribution in [2.24, 2.45) is 0 Å². The summed E-state index contributed by atoms with van der Waals surface area (Å²) in [5.74, 6) is -0.173. The SMILES string of the molecule is CNC(=O)c1cnc(N2CCN(CC(=O)O)CC2)cc1-c1ccccc1C. The Balaban J connectivity index is 1.90. The highest BCUT2D eigenvalue weighted by Crippen LogP contribution is 2.30. The number of hydrogen-bond donors (Lipinski definition) is 2. The maximum Gasteiger partial charge on any atom is 0.317 e. The molecule has 1 aromatic carbocycles. The van der Waals surface area contributed by atoms with Crippen molar-refractivity contribution >= 4 is 17.7 Å². The number of carbonyl (C=O) groups is 2. The molecule has 0 radical (unpaired) electrons. The van der Waals surface area contributed by atoms with Crippen LogP contribution >= 0.6 is 0 Å². The standard InChI is InChI=1S/C20H24N4O3/c1-14-5-3-4-6-15(14)16-11-18(22-12-17(16)20(27)21-2)24-9-7-23(8-10-24)13-19(25)26/h3-6,11-12H,7-10,13H2,1-2H3,(H,21,27)(H,25,26). The first-order chi connectivity index (χ1) is 13.0. The van der Waals surface area contributed by atoms with E-state index in [1.54, 1.807) is 13.2 Å². The average molecular weight is 368 g/mol. The summed E-state index contributed by atoms with van der Waals surface area (Å²) in [6.45, 7) is 4.83. The van der Waals surface area contributed by atoms with Crippen LogP contribution in [0.5, 0.6) is 0 Å². The van der Waals surface area contributed by atoms with Gasteiger partial charge in [0, 0.05) is 39.4 Å². The zero-order valence-corrected chi connectivity index (χ0v) is 15.6. The van der Waals surface area contributed by atoms with Crippen molar-refractivity contribution in [3.05, 3.63) is 47.7 Å². The van der Waals surface area contributed by atoms with Crippen LogP contribution in [-0.4, -0.2) is 66.6 Å². The van der Waals surface area contributed by atoms with Crippen LogP contribution in [-0.2, 0) is 4.79 Å². The van der Waals surface area contributed by atoms with Gasteiger partial charge in [0.2, 0.25) is 0 Å². The molecule has 0 saturated carbocycles. The molecule has 3 rings (SSSR count). The number of nitrogens with zero attached hydrogens (tertiary/aromatic N) is 3. The Morgan fingerprint density at radius 3 is 2.48 bits per heavy atom. The monoisotopic (exact) mass is 368 g/mol. The van der Waals surface area contributed by atoms with Gasteiger partial charge in [-0.15, -0.1) is 0 Å². The Morgan fingerprint density at radius 1 is 1.15 bits per heavy atom. The molecule has 142 valence electrons. The molecule has 7 heteroatoms. The molecule has 1 fully saturated rings. The molecule has 0 bridgehead atoms. The lowest BCUT2D eigenvalue weighted by Gasteiger charge is -2.34. The quantitative estimate of drug-likeness (QED) is 0.834. The normalized spacial score (nSPS) is 14.8. The van der Waals surface area contributed by atoms with Crippen molar-refractivity contribution < 1.29 is 14.7 Å². The van der Waals surface area contributed by atoms with Crippen molar-refractivity contribution in [3.63, 3.8) is 0 Å². The van der Waals surface area contributed by atoms with Crippen molar-refractivity contribution in [1.29, 1.82) is 0 Å². The van der Waals surface area contributed by atoms with Crippen LogP contribution in [0.4, 0.5) is 5.82 Å². The van der Waals surface area contributed by atoms with Gasteiger partial charge < -0.3 is 15.3 Å². The molecule has 2 heterocycles. The van der Waals surface area contributed by atoms with Gasteiger partial charge in [-0.1, -0.05) is 24.3 Å². The molecule has 2 aromatic rings. The molecule has 27 heavy (non-hydrogen) atoms. The molecule has 0 spiro atoms. The Morgan fingerprint density at radius 2 is 1.85 bits per heavy atom. The molecule has 7 nitrogen and oxygen atoms in total. The minimum atomic E-state index is -0.807. The fourth-order valence-corrected chi connectivity index (χ4v) is 3.36. The van der Waals surface area contributed by atoms with E-state index >= 15 is 0 Å². The second kappa shape index (κ2) is 8.18. The first-order valence-corrected chi connectivity index (χ1v) is 8.97. The van der Waals surface area contributed by atoms with Gasteiger partial charge in [0.15, 0.2) is 0 Å². The summed E-state index contributed by atoms with van der Waals surface area (Å²) in [5.41, 5.74) is 3.49. The number of carboxylic acids is 1. The smallest absolute Gasteiger partial charge is 0.317 e. The molecule has 0 aliphatic carbocycles. The minimum absolute atomic E-state index is 0.0609. The average Bonchev–Trinajstić information content (AvgIpc) is 2.67. The molecular weight excluding hydrogens is 344 g/mol. The van der Waals surface area contributed by atoms with Gasteiger partial charge in [0.25, 0.3) is 5.91 Å². The van der Waals surface area contributed by atoms with E-state index in [9.17, 15) is 9.59 Å². The number of rotatable bonds is 5. The van der Waals surface area contributed by atoms with Crippen LogP contribution in [0.2, 0.25) is 0 Å². The fourth-order valence-electron chi connectivity index (χ4n) is 3.36. The highest BCUT2D eigenvalue weighted by atomic mass is 16.4. The first-order valence-electron chi connectivity index (χ1n) is 8.97. The third kappa shape index (κ3) is 4.25. The van der Waals surface area contributed by atoms with Crippen LogP contribution < -0.4 is 10.2 Å². The maximum atomic E-state index is 12.3. The Bertz CT molecular complexity index is 845. The van der Waals surface area contributed by atoms with Gasteiger partial charge in [-0.05, 0) is 29.7 Å². The van der Waals surface area contributed by atoms with Crippen LogP contribution in [0.15, 0.2) is 36.5 Å². The predicted octanol–water partition coefficient (Wildman–Crippen LogP) is 1.62.